The summed E-state index contributed by atoms with van der Waals surface area (Å²) in [6, 6.07) is 6.24. The first kappa shape index (κ1) is 13.2. The molecule has 0 aliphatic heterocycles. The van der Waals surface area contributed by atoms with Gasteiger partial charge in [0.1, 0.15) is 11.3 Å². The van der Waals surface area contributed by atoms with Gasteiger partial charge >= 0.3 is 0 Å². The van der Waals surface area contributed by atoms with Gasteiger partial charge in [-0.3, -0.25) is 0 Å². The van der Waals surface area contributed by atoms with Crippen molar-refractivity contribution in [3.63, 3.8) is 0 Å². The van der Waals surface area contributed by atoms with Gasteiger partial charge in [-0.1, -0.05) is 32.9 Å². The molecular formula is C15H21O2Si. The Morgan fingerprint density at radius 2 is 1.83 bits per heavy atom. The third-order valence-electron chi connectivity index (χ3n) is 2.95. The fourth-order valence-corrected chi connectivity index (χ4v) is 2.84. The van der Waals surface area contributed by atoms with Crippen LogP contribution in [0.25, 0.3) is 11.0 Å². The summed E-state index contributed by atoms with van der Waals surface area (Å²) in [6.45, 7) is 12.9. The minimum absolute atomic E-state index is 0.0856. The highest BCUT2D eigenvalue weighted by molar-refractivity contribution is 6.49. The largest absolute Gasteiger partial charge is 0.540 e. The van der Waals surface area contributed by atoms with Crippen LogP contribution in [0.5, 0.6) is 5.75 Å². The lowest BCUT2D eigenvalue weighted by Gasteiger charge is -2.21. The second-order valence-corrected chi connectivity index (χ2v) is 7.95. The maximum absolute atomic E-state index is 6.04. The van der Waals surface area contributed by atoms with Gasteiger partial charge in [0.2, 0.25) is 0 Å². The minimum Gasteiger partial charge on any atom is -0.540 e. The van der Waals surface area contributed by atoms with Crippen molar-refractivity contribution in [3.05, 3.63) is 29.5 Å². The molecule has 0 aliphatic carbocycles. The van der Waals surface area contributed by atoms with Crippen molar-refractivity contribution in [2.45, 2.75) is 46.2 Å². The predicted molar refractivity (Wildman–Crippen MR) is 77.8 cm³/mol. The number of hydrogen-bond acceptors (Lipinski definition) is 2. The number of furan rings is 1. The van der Waals surface area contributed by atoms with Crippen LogP contribution < -0.4 is 4.43 Å². The van der Waals surface area contributed by atoms with E-state index in [9.17, 15) is 0 Å². The molecule has 0 spiro atoms. The molecule has 0 N–H and O–H groups in total. The first-order valence-corrected chi connectivity index (χ1v) is 8.72. The van der Waals surface area contributed by atoms with Gasteiger partial charge in [-0.2, -0.15) is 0 Å². The zero-order valence-corrected chi connectivity index (χ0v) is 13.0. The fraction of sp³-hybridized carbons (Fsp3) is 0.467. The van der Waals surface area contributed by atoms with E-state index in [-0.39, 0.29) is 5.41 Å². The Morgan fingerprint density at radius 3 is 2.39 bits per heavy atom. The van der Waals surface area contributed by atoms with Crippen LogP contribution in [-0.2, 0) is 5.41 Å². The predicted octanol–water partition coefficient (Wildman–Crippen LogP) is 4.67. The van der Waals surface area contributed by atoms with Gasteiger partial charge in [0.15, 0.2) is 5.75 Å². The van der Waals surface area contributed by atoms with Crippen molar-refractivity contribution < 1.29 is 8.84 Å². The average Bonchev–Trinajstić information content (AvgIpc) is 2.53. The lowest BCUT2D eigenvalue weighted by Crippen LogP contribution is -2.14. The molecule has 0 atom stereocenters. The molecule has 0 bridgehead atoms. The Morgan fingerprint density at radius 1 is 1.17 bits per heavy atom. The van der Waals surface area contributed by atoms with Gasteiger partial charge in [0.25, 0.3) is 9.04 Å². The monoisotopic (exact) mass is 261 g/mol. The molecule has 0 saturated heterocycles. The molecule has 0 unspecified atom stereocenters. The topological polar surface area (TPSA) is 22.4 Å². The maximum atomic E-state index is 6.04. The van der Waals surface area contributed by atoms with E-state index >= 15 is 0 Å². The van der Waals surface area contributed by atoms with Crippen molar-refractivity contribution in [1.82, 2.24) is 0 Å². The highest BCUT2D eigenvalue weighted by atomic mass is 28.3. The van der Waals surface area contributed by atoms with E-state index < -0.39 is 9.04 Å². The average molecular weight is 261 g/mol. The third-order valence-corrected chi connectivity index (χ3v) is 3.56. The van der Waals surface area contributed by atoms with E-state index in [0.717, 1.165) is 22.5 Å². The van der Waals surface area contributed by atoms with Crippen LogP contribution >= 0.6 is 0 Å². The van der Waals surface area contributed by atoms with Crippen LogP contribution in [0.3, 0.4) is 0 Å². The zero-order chi connectivity index (χ0) is 13.5. The summed E-state index contributed by atoms with van der Waals surface area (Å²) in [5.74, 6) is 1.82. The lowest BCUT2D eigenvalue weighted by molar-refractivity contribution is 0.520. The molecule has 0 saturated carbocycles. The first-order valence-electron chi connectivity index (χ1n) is 6.31. The van der Waals surface area contributed by atoms with Crippen molar-refractivity contribution in [2.75, 3.05) is 0 Å². The van der Waals surface area contributed by atoms with Gasteiger partial charge in [-0.25, -0.2) is 0 Å². The van der Waals surface area contributed by atoms with Gasteiger partial charge in [0.05, 0.1) is 5.39 Å². The first-order chi connectivity index (χ1) is 8.30. The Bertz CT molecular complexity index is 562. The van der Waals surface area contributed by atoms with E-state index in [1.54, 1.807) is 0 Å². The van der Waals surface area contributed by atoms with Crippen LogP contribution in [0.1, 0.15) is 32.1 Å². The number of benzene rings is 1. The summed E-state index contributed by atoms with van der Waals surface area (Å²) in [5.41, 5.74) is 2.30. The SMILES string of the molecule is Cc1oc2cccc(C(C)(C)C)c2c1O[Si](C)C. The molecule has 2 aromatic rings. The molecule has 0 aliphatic rings. The molecule has 97 valence electrons. The minimum atomic E-state index is -0.791. The van der Waals surface area contributed by atoms with E-state index in [2.05, 4.69) is 46.0 Å². The van der Waals surface area contributed by atoms with E-state index in [0.29, 0.717) is 0 Å². The van der Waals surface area contributed by atoms with Crippen LogP contribution in [-0.4, -0.2) is 9.04 Å². The van der Waals surface area contributed by atoms with Gasteiger partial charge in [0, 0.05) is 0 Å². The number of hydrogen-bond donors (Lipinski definition) is 0. The summed E-state index contributed by atoms with van der Waals surface area (Å²) < 4.78 is 11.9. The standard InChI is InChI=1S/C15H21O2Si/c1-10-14(17-18(5)6)13-11(15(2,3)4)8-7-9-12(13)16-10/h7-9H,1-6H3. The Balaban J connectivity index is 2.73. The number of aryl methyl sites for hydroxylation is 1. The van der Waals surface area contributed by atoms with Crippen molar-refractivity contribution in [2.24, 2.45) is 0 Å². The number of fused-ring (bicyclic) bond motifs is 1. The quantitative estimate of drug-likeness (QED) is 0.733. The van der Waals surface area contributed by atoms with Crippen LogP contribution in [0, 0.1) is 6.92 Å². The van der Waals surface area contributed by atoms with E-state index in [4.69, 9.17) is 8.84 Å². The molecule has 1 radical (unpaired) electrons. The molecule has 2 rings (SSSR count). The summed E-state index contributed by atoms with van der Waals surface area (Å²) in [7, 11) is -0.791. The normalized spacial score (nSPS) is 12.4. The zero-order valence-electron chi connectivity index (χ0n) is 12.0. The van der Waals surface area contributed by atoms with Crippen LogP contribution in [0.15, 0.2) is 22.6 Å². The van der Waals surface area contributed by atoms with E-state index in [1.165, 1.54) is 5.56 Å². The molecule has 1 heterocycles. The summed E-state index contributed by atoms with van der Waals surface area (Å²) in [4.78, 5) is 0. The Hall–Kier alpha value is -1.22. The summed E-state index contributed by atoms with van der Waals surface area (Å²) in [5, 5.41) is 1.15. The van der Waals surface area contributed by atoms with Gasteiger partial charge in [-0.05, 0) is 37.1 Å². The summed E-state index contributed by atoms with van der Waals surface area (Å²) in [6.07, 6.45) is 0. The smallest absolute Gasteiger partial charge is 0.274 e. The van der Waals surface area contributed by atoms with Gasteiger partial charge in [-0.15, -0.1) is 0 Å². The maximum Gasteiger partial charge on any atom is 0.274 e. The molecule has 0 fully saturated rings. The lowest BCUT2D eigenvalue weighted by atomic mass is 9.85. The highest BCUT2D eigenvalue weighted by Gasteiger charge is 2.23. The van der Waals surface area contributed by atoms with Crippen molar-refractivity contribution in [1.29, 1.82) is 0 Å². The highest BCUT2D eigenvalue weighted by Crippen LogP contribution is 2.39. The second-order valence-electron chi connectivity index (χ2n) is 5.93. The van der Waals surface area contributed by atoms with Crippen molar-refractivity contribution >= 4 is 20.0 Å². The molecule has 2 nitrogen and oxygen atoms in total. The molecule has 1 aromatic heterocycles. The molecule has 0 amide bonds. The van der Waals surface area contributed by atoms with Crippen molar-refractivity contribution in [3.8, 4) is 5.75 Å². The molecule has 1 aromatic carbocycles. The second kappa shape index (κ2) is 4.46. The molecule has 18 heavy (non-hydrogen) atoms. The molecule has 3 heteroatoms. The van der Waals surface area contributed by atoms with E-state index in [1.807, 2.05) is 13.0 Å². The third kappa shape index (κ3) is 2.32. The Kier molecular flexibility index (Phi) is 3.28. The number of rotatable bonds is 2. The summed E-state index contributed by atoms with van der Waals surface area (Å²) >= 11 is 0. The molecular weight excluding hydrogens is 240 g/mol. The van der Waals surface area contributed by atoms with Crippen LogP contribution in [0.2, 0.25) is 13.1 Å². The van der Waals surface area contributed by atoms with Gasteiger partial charge < -0.3 is 8.84 Å². The Labute approximate surface area is 111 Å². The van der Waals surface area contributed by atoms with Crippen LogP contribution in [0.4, 0.5) is 0 Å². The fourth-order valence-electron chi connectivity index (χ4n) is 2.19.